The molecule has 0 aliphatic heterocycles. The summed E-state index contributed by atoms with van der Waals surface area (Å²) in [6.45, 7) is 4.43. The Morgan fingerprint density at radius 3 is 2.50 bits per heavy atom. The van der Waals surface area contributed by atoms with Crippen LogP contribution in [0.4, 0.5) is 5.82 Å². The summed E-state index contributed by atoms with van der Waals surface area (Å²) < 4.78 is 0. The fourth-order valence-electron chi connectivity index (χ4n) is 2.87. The zero-order chi connectivity index (χ0) is 11.7. The molecule has 1 saturated carbocycles. The normalized spacial score (nSPS) is 30.2. The summed E-state index contributed by atoms with van der Waals surface area (Å²) in [5.74, 6) is 1.94. The number of rotatable bonds is 2. The molecule has 88 valence electrons. The van der Waals surface area contributed by atoms with Crippen LogP contribution in [0.2, 0.25) is 0 Å². The zero-order valence-corrected chi connectivity index (χ0v) is 9.86. The first-order valence-electron chi connectivity index (χ1n) is 5.91. The molecule has 2 rings (SSSR count). The van der Waals surface area contributed by atoms with Crippen molar-refractivity contribution in [2.45, 2.75) is 33.1 Å². The summed E-state index contributed by atoms with van der Waals surface area (Å²) in [4.78, 5) is 12.2. The molecule has 0 amide bonds. The molecule has 1 aromatic heterocycles. The van der Waals surface area contributed by atoms with Crippen molar-refractivity contribution in [3.63, 3.8) is 0 Å². The van der Waals surface area contributed by atoms with Gasteiger partial charge in [0, 0.05) is 5.92 Å². The predicted molar refractivity (Wildman–Crippen MR) is 63.0 cm³/mol. The predicted octanol–water partition coefficient (Wildman–Crippen LogP) is 2.25. The molecule has 0 radical (unpaired) electrons. The van der Waals surface area contributed by atoms with Crippen molar-refractivity contribution in [3.05, 3.63) is 11.8 Å². The average molecular weight is 221 g/mol. The van der Waals surface area contributed by atoms with Gasteiger partial charge in [-0.25, -0.2) is 0 Å². The minimum Gasteiger partial charge on any atom is -0.383 e. The monoisotopic (exact) mass is 221 g/mol. The minimum absolute atomic E-state index is 0.124. The van der Waals surface area contributed by atoms with E-state index in [0.29, 0.717) is 23.2 Å². The molecule has 1 fully saturated rings. The Balaban J connectivity index is 2.13. The molecule has 1 aromatic rings. The largest absolute Gasteiger partial charge is 0.383 e. The molecule has 3 N–H and O–H groups in total. The maximum Gasteiger partial charge on any atom is 0.171 e. The Morgan fingerprint density at radius 1 is 1.38 bits per heavy atom. The van der Waals surface area contributed by atoms with E-state index in [0.717, 1.165) is 12.8 Å². The van der Waals surface area contributed by atoms with Gasteiger partial charge in [0.25, 0.3) is 0 Å². The van der Waals surface area contributed by atoms with E-state index in [2.05, 4.69) is 24.0 Å². The van der Waals surface area contributed by atoms with Gasteiger partial charge in [0.05, 0.1) is 11.8 Å². The van der Waals surface area contributed by atoms with Crippen molar-refractivity contribution in [2.24, 2.45) is 17.8 Å². The zero-order valence-electron chi connectivity index (χ0n) is 9.86. The van der Waals surface area contributed by atoms with E-state index in [1.807, 2.05) is 0 Å². The van der Waals surface area contributed by atoms with Crippen LogP contribution in [0.25, 0.3) is 0 Å². The number of nitrogen functional groups attached to an aromatic ring is 1. The van der Waals surface area contributed by atoms with E-state index < -0.39 is 0 Å². The van der Waals surface area contributed by atoms with Gasteiger partial charge in [-0.3, -0.25) is 9.89 Å². The molecular formula is C12H19N3O. The number of hydrogen-bond donors (Lipinski definition) is 2. The van der Waals surface area contributed by atoms with Crippen LogP contribution >= 0.6 is 0 Å². The van der Waals surface area contributed by atoms with Gasteiger partial charge in [-0.05, 0) is 31.1 Å². The highest BCUT2D eigenvalue weighted by Crippen LogP contribution is 2.35. The van der Waals surface area contributed by atoms with Gasteiger partial charge in [0.1, 0.15) is 5.82 Å². The highest BCUT2D eigenvalue weighted by Gasteiger charge is 2.30. The van der Waals surface area contributed by atoms with Gasteiger partial charge in [-0.1, -0.05) is 13.8 Å². The van der Waals surface area contributed by atoms with E-state index in [1.54, 1.807) is 6.20 Å². The lowest BCUT2D eigenvalue weighted by atomic mass is 9.74. The molecule has 16 heavy (non-hydrogen) atoms. The first-order chi connectivity index (χ1) is 7.58. The smallest absolute Gasteiger partial charge is 0.171 e. The maximum absolute atomic E-state index is 12.2. The summed E-state index contributed by atoms with van der Waals surface area (Å²) in [7, 11) is 0. The van der Waals surface area contributed by atoms with Crippen LogP contribution in [0, 0.1) is 17.8 Å². The van der Waals surface area contributed by atoms with E-state index >= 15 is 0 Å². The van der Waals surface area contributed by atoms with Crippen molar-refractivity contribution >= 4 is 11.6 Å². The van der Waals surface area contributed by atoms with Crippen molar-refractivity contribution in [1.29, 1.82) is 0 Å². The number of carbonyl (C=O) groups excluding carboxylic acids is 1. The maximum atomic E-state index is 12.2. The lowest BCUT2D eigenvalue weighted by molar-refractivity contribution is 0.0837. The molecular weight excluding hydrogens is 202 g/mol. The topological polar surface area (TPSA) is 71.8 Å². The van der Waals surface area contributed by atoms with Gasteiger partial charge in [0.2, 0.25) is 0 Å². The molecule has 2 atom stereocenters. The highest BCUT2D eigenvalue weighted by molar-refractivity contribution is 6.01. The molecule has 0 aromatic carbocycles. The number of carbonyl (C=O) groups is 1. The SMILES string of the molecule is CC1CC(C)CC(C(=O)c2cn[nH]c2N)C1. The fourth-order valence-corrected chi connectivity index (χ4v) is 2.87. The van der Waals surface area contributed by atoms with Gasteiger partial charge < -0.3 is 5.73 Å². The Labute approximate surface area is 95.6 Å². The number of Topliss-reactive ketones (excluding diaryl/α,β-unsaturated/α-hetero) is 1. The van der Waals surface area contributed by atoms with E-state index in [4.69, 9.17) is 5.73 Å². The van der Waals surface area contributed by atoms with Crippen molar-refractivity contribution < 1.29 is 4.79 Å². The van der Waals surface area contributed by atoms with Crippen molar-refractivity contribution in [1.82, 2.24) is 10.2 Å². The molecule has 0 spiro atoms. The van der Waals surface area contributed by atoms with Gasteiger partial charge in [-0.15, -0.1) is 0 Å². The third-order valence-corrected chi connectivity index (χ3v) is 3.48. The molecule has 0 saturated heterocycles. The minimum atomic E-state index is 0.124. The first kappa shape index (κ1) is 11.2. The quantitative estimate of drug-likeness (QED) is 0.752. The number of aromatic amines is 1. The standard InChI is InChI=1S/C12H19N3O/c1-7-3-8(2)5-9(4-7)11(16)10-6-14-15-12(10)13/h6-9H,3-5H2,1-2H3,(H3,13,14,15). The van der Waals surface area contributed by atoms with Crippen molar-refractivity contribution in [2.75, 3.05) is 5.73 Å². The van der Waals surface area contributed by atoms with Gasteiger partial charge in [0.15, 0.2) is 5.78 Å². The molecule has 1 aliphatic carbocycles. The third kappa shape index (κ3) is 2.10. The molecule has 1 aliphatic rings. The summed E-state index contributed by atoms with van der Waals surface area (Å²) in [6.07, 6.45) is 4.73. The van der Waals surface area contributed by atoms with Gasteiger partial charge in [-0.2, -0.15) is 5.10 Å². The second-order valence-electron chi connectivity index (χ2n) is 5.18. The Bertz CT molecular complexity index is 375. The Kier molecular flexibility index (Phi) is 2.99. The first-order valence-corrected chi connectivity index (χ1v) is 5.91. The number of H-pyrrole nitrogens is 1. The summed E-state index contributed by atoms with van der Waals surface area (Å²) >= 11 is 0. The van der Waals surface area contributed by atoms with Crippen LogP contribution in [-0.4, -0.2) is 16.0 Å². The average Bonchev–Trinajstić information content (AvgIpc) is 2.62. The molecule has 4 heteroatoms. The molecule has 1 heterocycles. The second kappa shape index (κ2) is 4.28. The number of nitrogens with zero attached hydrogens (tertiary/aromatic N) is 1. The van der Waals surface area contributed by atoms with Crippen LogP contribution in [-0.2, 0) is 0 Å². The third-order valence-electron chi connectivity index (χ3n) is 3.48. The molecule has 0 bridgehead atoms. The number of aromatic nitrogens is 2. The number of ketones is 1. The Morgan fingerprint density at radius 2 is 2.00 bits per heavy atom. The van der Waals surface area contributed by atoms with Crippen LogP contribution < -0.4 is 5.73 Å². The molecule has 2 unspecified atom stereocenters. The number of hydrogen-bond acceptors (Lipinski definition) is 3. The number of nitrogens with one attached hydrogen (secondary N) is 1. The van der Waals surface area contributed by atoms with E-state index in [9.17, 15) is 4.79 Å². The lowest BCUT2D eigenvalue weighted by Gasteiger charge is -2.30. The lowest BCUT2D eigenvalue weighted by Crippen LogP contribution is -2.26. The van der Waals surface area contributed by atoms with Crippen LogP contribution in [0.5, 0.6) is 0 Å². The fraction of sp³-hybridized carbons (Fsp3) is 0.667. The van der Waals surface area contributed by atoms with Gasteiger partial charge >= 0.3 is 0 Å². The molecule has 4 nitrogen and oxygen atoms in total. The van der Waals surface area contributed by atoms with E-state index in [1.165, 1.54) is 6.42 Å². The Hall–Kier alpha value is -1.32. The van der Waals surface area contributed by atoms with Crippen LogP contribution in [0.3, 0.4) is 0 Å². The number of anilines is 1. The number of nitrogens with two attached hydrogens (primary N) is 1. The van der Waals surface area contributed by atoms with Crippen LogP contribution in [0.15, 0.2) is 6.20 Å². The van der Waals surface area contributed by atoms with Crippen LogP contribution in [0.1, 0.15) is 43.5 Å². The summed E-state index contributed by atoms with van der Waals surface area (Å²) in [6, 6.07) is 0. The second-order valence-corrected chi connectivity index (χ2v) is 5.18. The summed E-state index contributed by atoms with van der Waals surface area (Å²) in [5, 5.41) is 6.42. The summed E-state index contributed by atoms with van der Waals surface area (Å²) in [5.41, 5.74) is 6.24. The van der Waals surface area contributed by atoms with E-state index in [-0.39, 0.29) is 11.7 Å². The highest BCUT2D eigenvalue weighted by atomic mass is 16.1. The van der Waals surface area contributed by atoms with Crippen molar-refractivity contribution in [3.8, 4) is 0 Å².